The zero-order valence-corrected chi connectivity index (χ0v) is 8.95. The standard InChI is InChI=1S/C12H14N2O/c1-4-5-10-6-7-11(13-8-10)14-12(15)9(2)3/h4-8H,2H2,1,3H3,(H,13,14,15)/b5-4+. The van der Waals surface area contributed by atoms with Crippen molar-refractivity contribution >= 4 is 17.8 Å². The van der Waals surface area contributed by atoms with Gasteiger partial charge in [-0.05, 0) is 31.5 Å². The molecule has 0 aliphatic carbocycles. The molecule has 0 aliphatic rings. The monoisotopic (exact) mass is 202 g/mol. The molecule has 1 amide bonds. The second-order valence-corrected chi connectivity index (χ2v) is 3.21. The maximum Gasteiger partial charge on any atom is 0.251 e. The molecule has 1 aromatic heterocycles. The van der Waals surface area contributed by atoms with Gasteiger partial charge in [-0.3, -0.25) is 4.79 Å². The third-order valence-corrected chi connectivity index (χ3v) is 1.77. The van der Waals surface area contributed by atoms with Crippen LogP contribution in [0.1, 0.15) is 19.4 Å². The Hall–Kier alpha value is -1.90. The fraction of sp³-hybridized carbons (Fsp3) is 0.167. The number of anilines is 1. The van der Waals surface area contributed by atoms with Crippen molar-refractivity contribution < 1.29 is 4.79 Å². The summed E-state index contributed by atoms with van der Waals surface area (Å²) in [4.78, 5) is 15.4. The number of allylic oxidation sites excluding steroid dienone is 1. The van der Waals surface area contributed by atoms with Gasteiger partial charge in [0.25, 0.3) is 5.91 Å². The van der Waals surface area contributed by atoms with Crippen LogP contribution in [-0.4, -0.2) is 10.9 Å². The van der Waals surface area contributed by atoms with Crippen molar-refractivity contribution in [2.45, 2.75) is 13.8 Å². The van der Waals surface area contributed by atoms with Crippen LogP contribution in [0.25, 0.3) is 6.08 Å². The Bertz CT molecular complexity index is 391. The highest BCUT2D eigenvalue weighted by Crippen LogP contribution is 2.07. The molecule has 0 spiro atoms. The van der Waals surface area contributed by atoms with Crippen LogP contribution in [0.15, 0.2) is 36.6 Å². The molecular weight excluding hydrogens is 188 g/mol. The second-order valence-electron chi connectivity index (χ2n) is 3.21. The first kappa shape index (κ1) is 11.2. The first-order valence-electron chi connectivity index (χ1n) is 4.69. The molecule has 1 rings (SSSR count). The molecule has 0 aromatic carbocycles. The maximum atomic E-state index is 11.3. The first-order valence-corrected chi connectivity index (χ1v) is 4.69. The van der Waals surface area contributed by atoms with E-state index in [4.69, 9.17) is 0 Å². The highest BCUT2D eigenvalue weighted by molar-refractivity contribution is 6.02. The van der Waals surface area contributed by atoms with E-state index in [1.807, 2.05) is 25.1 Å². The number of hydrogen-bond donors (Lipinski definition) is 1. The van der Waals surface area contributed by atoms with Crippen LogP contribution in [0.5, 0.6) is 0 Å². The third kappa shape index (κ3) is 3.38. The molecule has 0 fully saturated rings. The predicted octanol–water partition coefficient (Wildman–Crippen LogP) is 2.63. The van der Waals surface area contributed by atoms with Crippen LogP contribution in [0.2, 0.25) is 0 Å². The molecule has 0 unspecified atom stereocenters. The average Bonchev–Trinajstić information content (AvgIpc) is 2.21. The van der Waals surface area contributed by atoms with Gasteiger partial charge in [0.1, 0.15) is 5.82 Å². The fourth-order valence-electron chi connectivity index (χ4n) is 0.993. The van der Waals surface area contributed by atoms with Crippen LogP contribution in [0, 0.1) is 0 Å². The highest BCUT2D eigenvalue weighted by atomic mass is 16.1. The number of hydrogen-bond acceptors (Lipinski definition) is 2. The molecule has 15 heavy (non-hydrogen) atoms. The van der Waals surface area contributed by atoms with Crippen LogP contribution in [-0.2, 0) is 4.79 Å². The van der Waals surface area contributed by atoms with Crippen molar-refractivity contribution in [2.75, 3.05) is 5.32 Å². The zero-order chi connectivity index (χ0) is 11.3. The lowest BCUT2D eigenvalue weighted by Gasteiger charge is -2.03. The van der Waals surface area contributed by atoms with Crippen molar-refractivity contribution in [3.05, 3.63) is 42.1 Å². The van der Waals surface area contributed by atoms with Crippen LogP contribution in [0.3, 0.4) is 0 Å². The van der Waals surface area contributed by atoms with Gasteiger partial charge in [0, 0.05) is 11.8 Å². The van der Waals surface area contributed by atoms with Gasteiger partial charge in [0.05, 0.1) is 0 Å². The summed E-state index contributed by atoms with van der Waals surface area (Å²) < 4.78 is 0. The number of rotatable bonds is 3. The van der Waals surface area contributed by atoms with Gasteiger partial charge in [-0.25, -0.2) is 4.98 Å². The molecule has 0 saturated carbocycles. The smallest absolute Gasteiger partial charge is 0.251 e. The van der Waals surface area contributed by atoms with E-state index >= 15 is 0 Å². The molecule has 1 heterocycles. The lowest BCUT2D eigenvalue weighted by atomic mass is 10.2. The minimum atomic E-state index is -0.207. The molecule has 1 N–H and O–H groups in total. The van der Waals surface area contributed by atoms with Gasteiger partial charge < -0.3 is 5.32 Å². The van der Waals surface area contributed by atoms with Crippen molar-refractivity contribution in [3.8, 4) is 0 Å². The van der Waals surface area contributed by atoms with E-state index in [0.29, 0.717) is 11.4 Å². The number of carbonyl (C=O) groups excluding carboxylic acids is 1. The van der Waals surface area contributed by atoms with Gasteiger partial charge in [0.15, 0.2) is 0 Å². The molecule has 0 atom stereocenters. The van der Waals surface area contributed by atoms with Gasteiger partial charge in [-0.1, -0.05) is 18.7 Å². The van der Waals surface area contributed by atoms with Crippen molar-refractivity contribution in [1.29, 1.82) is 0 Å². The molecule has 3 heteroatoms. The SMILES string of the molecule is C=C(C)C(=O)Nc1ccc(/C=C/C)cn1. The molecule has 78 valence electrons. The van der Waals surface area contributed by atoms with Crippen LogP contribution < -0.4 is 5.32 Å². The van der Waals surface area contributed by atoms with E-state index in [0.717, 1.165) is 5.56 Å². The van der Waals surface area contributed by atoms with E-state index < -0.39 is 0 Å². The average molecular weight is 202 g/mol. The number of nitrogens with zero attached hydrogens (tertiary/aromatic N) is 1. The van der Waals surface area contributed by atoms with Crippen LogP contribution >= 0.6 is 0 Å². The Morgan fingerprint density at radius 3 is 2.73 bits per heavy atom. The third-order valence-electron chi connectivity index (χ3n) is 1.77. The largest absolute Gasteiger partial charge is 0.307 e. The van der Waals surface area contributed by atoms with E-state index in [1.54, 1.807) is 19.2 Å². The summed E-state index contributed by atoms with van der Waals surface area (Å²) in [6.07, 6.45) is 5.58. The first-order chi connectivity index (χ1) is 7.13. The fourth-order valence-corrected chi connectivity index (χ4v) is 0.993. The van der Waals surface area contributed by atoms with Crippen LogP contribution in [0.4, 0.5) is 5.82 Å². The van der Waals surface area contributed by atoms with Gasteiger partial charge in [-0.2, -0.15) is 0 Å². The highest BCUT2D eigenvalue weighted by Gasteiger charge is 2.02. The quantitative estimate of drug-likeness (QED) is 0.765. The van der Waals surface area contributed by atoms with Crippen molar-refractivity contribution in [2.24, 2.45) is 0 Å². The summed E-state index contributed by atoms with van der Waals surface area (Å²) in [6, 6.07) is 3.65. The van der Waals surface area contributed by atoms with Crippen molar-refractivity contribution in [1.82, 2.24) is 4.98 Å². The Balaban J connectivity index is 2.72. The summed E-state index contributed by atoms with van der Waals surface area (Å²) in [5, 5.41) is 2.64. The lowest BCUT2D eigenvalue weighted by molar-refractivity contribution is -0.112. The number of amides is 1. The second kappa shape index (κ2) is 5.10. The molecule has 0 bridgehead atoms. The number of nitrogens with one attached hydrogen (secondary N) is 1. The topological polar surface area (TPSA) is 42.0 Å². The van der Waals surface area contributed by atoms with Gasteiger partial charge in [0.2, 0.25) is 0 Å². The lowest BCUT2D eigenvalue weighted by Crippen LogP contribution is -2.12. The van der Waals surface area contributed by atoms with E-state index in [9.17, 15) is 4.79 Å². The van der Waals surface area contributed by atoms with Gasteiger partial charge in [-0.15, -0.1) is 0 Å². The molecule has 0 radical (unpaired) electrons. The summed E-state index contributed by atoms with van der Waals surface area (Å²) >= 11 is 0. The molecule has 3 nitrogen and oxygen atoms in total. The summed E-state index contributed by atoms with van der Waals surface area (Å²) in [5.74, 6) is 0.331. The zero-order valence-electron chi connectivity index (χ0n) is 8.95. The maximum absolute atomic E-state index is 11.3. The Labute approximate surface area is 89.5 Å². The molecule has 0 saturated heterocycles. The Morgan fingerprint density at radius 1 is 1.53 bits per heavy atom. The number of aromatic nitrogens is 1. The number of pyridine rings is 1. The normalized spacial score (nSPS) is 10.3. The van der Waals surface area contributed by atoms with E-state index in [-0.39, 0.29) is 5.91 Å². The Kier molecular flexibility index (Phi) is 3.80. The molecular formula is C12H14N2O. The van der Waals surface area contributed by atoms with Crippen molar-refractivity contribution in [3.63, 3.8) is 0 Å². The summed E-state index contributed by atoms with van der Waals surface area (Å²) in [6.45, 7) is 7.14. The number of carbonyl (C=O) groups is 1. The summed E-state index contributed by atoms with van der Waals surface area (Å²) in [7, 11) is 0. The molecule has 1 aromatic rings. The molecule has 0 aliphatic heterocycles. The van der Waals surface area contributed by atoms with Gasteiger partial charge >= 0.3 is 0 Å². The summed E-state index contributed by atoms with van der Waals surface area (Å²) in [5.41, 5.74) is 1.47. The van der Waals surface area contributed by atoms with E-state index in [2.05, 4.69) is 16.9 Å². The minimum Gasteiger partial charge on any atom is -0.307 e. The minimum absolute atomic E-state index is 0.207. The Morgan fingerprint density at radius 2 is 2.27 bits per heavy atom. The predicted molar refractivity (Wildman–Crippen MR) is 62.4 cm³/mol. The van der Waals surface area contributed by atoms with E-state index in [1.165, 1.54) is 0 Å².